The van der Waals surface area contributed by atoms with Gasteiger partial charge in [0.25, 0.3) is 0 Å². The Morgan fingerprint density at radius 3 is 2.38 bits per heavy atom. The number of ether oxygens (including phenoxy) is 9. The predicted octanol–water partition coefficient (Wildman–Crippen LogP) is 3.44. The molecule has 10 rings (SSSR count). The van der Waals surface area contributed by atoms with E-state index in [1.807, 2.05) is 0 Å². The number of ketones is 1. The SMILES string of the molecule is C=C1C[C@@H]2CC[C@@]34C[C@@H]5O[C@@H]6[C@@H](O[C@H]7CCC(CC(=O)C[C@@H]8[C@@H](OC)[C@@H](C[C@H](O)CN)O[C@H]8CC8O[C@@H](CCC1O2)C[C@@H](C)C8=C)O[C@@H]7[C@@H]6O3)[C@H]5O4. The molecular formula is C40H59NO11. The van der Waals surface area contributed by atoms with Crippen LogP contribution < -0.4 is 5.73 Å². The maximum absolute atomic E-state index is 14.1. The van der Waals surface area contributed by atoms with Gasteiger partial charge in [-0.25, -0.2) is 0 Å². The van der Waals surface area contributed by atoms with Gasteiger partial charge in [-0.05, 0) is 62.0 Å². The van der Waals surface area contributed by atoms with Gasteiger partial charge in [-0.2, -0.15) is 0 Å². The van der Waals surface area contributed by atoms with Crippen LogP contribution in [0, 0.1) is 11.8 Å². The average Bonchev–Trinajstić information content (AvgIpc) is 3.79. The van der Waals surface area contributed by atoms with Crippen molar-refractivity contribution >= 4 is 5.78 Å². The van der Waals surface area contributed by atoms with Crippen molar-refractivity contribution in [3.8, 4) is 0 Å². The maximum atomic E-state index is 14.1. The summed E-state index contributed by atoms with van der Waals surface area (Å²) in [5.74, 6) is -0.619. The summed E-state index contributed by atoms with van der Waals surface area (Å²) in [6.07, 6.45) is 4.85. The second kappa shape index (κ2) is 14.3. The van der Waals surface area contributed by atoms with Crippen LogP contribution in [-0.2, 0) is 47.4 Å². The molecule has 12 nitrogen and oxygen atoms in total. The largest absolute Gasteiger partial charge is 0.392 e. The van der Waals surface area contributed by atoms with E-state index in [9.17, 15) is 9.90 Å². The summed E-state index contributed by atoms with van der Waals surface area (Å²) in [7, 11) is 1.66. The first-order valence-corrected chi connectivity index (χ1v) is 20.2. The van der Waals surface area contributed by atoms with Crippen LogP contribution in [0.2, 0.25) is 0 Å². The molecular weight excluding hydrogens is 670 g/mol. The fourth-order valence-corrected chi connectivity index (χ4v) is 11.3. The highest BCUT2D eigenvalue weighted by Crippen LogP contribution is 2.54. The minimum absolute atomic E-state index is 0.0158. The minimum atomic E-state index is -0.780. The Morgan fingerprint density at radius 2 is 1.56 bits per heavy atom. The zero-order chi connectivity index (χ0) is 35.9. The summed E-state index contributed by atoms with van der Waals surface area (Å²) in [5.41, 5.74) is 8.01. The monoisotopic (exact) mass is 729 g/mol. The highest BCUT2D eigenvalue weighted by molar-refractivity contribution is 5.79. The van der Waals surface area contributed by atoms with E-state index < -0.39 is 18.0 Å². The number of methoxy groups -OCH3 is 1. The standard InChI is InChI=1S/C40H59NO11/c1-19-11-24-5-7-28-20(2)12-26(45-28)9-10-40-17-33-36(51-40)37-38(50-33)39(52-40)35-29(49-37)8-6-25(47-35)13-22(42)14-27-31(16-30(46-24)21(19)3)48-32(34(27)44-4)15-23(43)18-41/h19,23-39,43H,2-3,5-18,41H2,1,4H3/t19-,23+,24+,25?,26+,27+,28?,29+,30?,31+,32-,33+,34-,35+,36+,37+,38-,39+,40+/m1/s1. The molecule has 10 heterocycles. The smallest absolute Gasteiger partial charge is 0.172 e. The van der Waals surface area contributed by atoms with E-state index in [0.29, 0.717) is 25.7 Å². The Balaban J connectivity index is 0.994. The third-order valence-electron chi connectivity index (χ3n) is 14.0. The lowest BCUT2D eigenvalue weighted by molar-refractivity contribution is -0.292. The van der Waals surface area contributed by atoms with Crippen molar-refractivity contribution in [1.29, 1.82) is 0 Å². The van der Waals surface area contributed by atoms with Gasteiger partial charge in [0.2, 0.25) is 0 Å². The molecule has 290 valence electrons. The Hall–Kier alpha value is -1.29. The number of hydrogen-bond acceptors (Lipinski definition) is 12. The maximum Gasteiger partial charge on any atom is 0.172 e. The van der Waals surface area contributed by atoms with Crippen LogP contribution in [0.1, 0.15) is 90.4 Å². The van der Waals surface area contributed by atoms with Crippen LogP contribution in [0.5, 0.6) is 0 Å². The molecule has 0 aliphatic carbocycles. The van der Waals surface area contributed by atoms with Crippen molar-refractivity contribution in [2.75, 3.05) is 13.7 Å². The summed E-state index contributed by atoms with van der Waals surface area (Å²) >= 11 is 0. The minimum Gasteiger partial charge on any atom is -0.392 e. The molecule has 0 aromatic heterocycles. The molecule has 0 radical (unpaired) electrons. The molecule has 0 aromatic rings. The molecule has 10 aliphatic rings. The first-order chi connectivity index (χ1) is 25.1. The van der Waals surface area contributed by atoms with E-state index in [2.05, 4.69) is 20.1 Å². The van der Waals surface area contributed by atoms with Gasteiger partial charge in [0, 0.05) is 58.1 Å². The number of carbonyl (C=O) groups is 1. The van der Waals surface area contributed by atoms with Gasteiger partial charge in [0.05, 0.1) is 67.1 Å². The van der Waals surface area contributed by atoms with Gasteiger partial charge in [0.1, 0.15) is 36.3 Å². The van der Waals surface area contributed by atoms with Crippen LogP contribution >= 0.6 is 0 Å². The number of hydrogen-bond donors (Lipinski definition) is 2. The van der Waals surface area contributed by atoms with Crippen molar-refractivity contribution in [2.45, 2.75) is 194 Å². The highest BCUT2D eigenvalue weighted by Gasteiger charge is 2.68. The fraction of sp³-hybridized carbons (Fsp3) is 0.875. The van der Waals surface area contributed by atoms with Gasteiger partial charge in [-0.15, -0.1) is 0 Å². The number of carbonyl (C=O) groups excluding carboxylic acids is 1. The topological polar surface area (TPSA) is 146 Å². The number of aliphatic hydroxyl groups is 1. The van der Waals surface area contributed by atoms with Crippen molar-refractivity contribution in [3.63, 3.8) is 0 Å². The molecule has 1 spiro atoms. The number of rotatable bonds is 4. The third kappa shape index (κ3) is 6.59. The van der Waals surface area contributed by atoms with Gasteiger partial charge in [-0.3, -0.25) is 4.79 Å². The summed E-state index contributed by atoms with van der Waals surface area (Å²) in [6, 6.07) is 0. The zero-order valence-corrected chi connectivity index (χ0v) is 30.8. The third-order valence-corrected chi connectivity index (χ3v) is 14.0. The van der Waals surface area contributed by atoms with Crippen molar-refractivity contribution in [1.82, 2.24) is 0 Å². The quantitative estimate of drug-likeness (QED) is 0.409. The van der Waals surface area contributed by atoms with Gasteiger partial charge < -0.3 is 53.5 Å². The second-order valence-electron chi connectivity index (χ2n) is 17.4. The van der Waals surface area contributed by atoms with Crippen LogP contribution in [0.3, 0.4) is 0 Å². The molecule has 3 N–H and O–H groups in total. The first-order valence-electron chi connectivity index (χ1n) is 20.2. The Kier molecular flexibility index (Phi) is 10.0. The van der Waals surface area contributed by atoms with Gasteiger partial charge in [0.15, 0.2) is 5.79 Å². The molecule has 10 fully saturated rings. The second-order valence-corrected chi connectivity index (χ2v) is 17.4. The van der Waals surface area contributed by atoms with Crippen molar-refractivity contribution < 1.29 is 52.5 Å². The molecule has 10 aliphatic heterocycles. The lowest BCUT2D eigenvalue weighted by atomic mass is 9.81. The molecule has 0 amide bonds. The summed E-state index contributed by atoms with van der Waals surface area (Å²) in [4.78, 5) is 14.1. The molecule has 19 atom stereocenters. The summed E-state index contributed by atoms with van der Waals surface area (Å²) in [6.45, 7) is 11.3. The van der Waals surface area contributed by atoms with Crippen LogP contribution in [-0.4, -0.2) is 128 Å². The van der Waals surface area contributed by atoms with Gasteiger partial charge >= 0.3 is 0 Å². The summed E-state index contributed by atoms with van der Waals surface area (Å²) in [5, 5.41) is 10.5. The molecule has 3 unspecified atom stereocenters. The van der Waals surface area contributed by atoms with Crippen LogP contribution in [0.4, 0.5) is 0 Å². The molecule has 12 heteroatoms. The lowest BCUT2D eigenvalue weighted by Crippen LogP contribution is -2.61. The Labute approximate surface area is 307 Å². The molecule has 52 heavy (non-hydrogen) atoms. The highest BCUT2D eigenvalue weighted by atomic mass is 16.8. The van der Waals surface area contributed by atoms with E-state index in [4.69, 9.17) is 48.4 Å². The molecule has 10 saturated heterocycles. The molecule has 0 saturated carbocycles. The molecule has 0 aromatic carbocycles. The number of fused-ring (bicyclic) bond motifs is 6. The van der Waals surface area contributed by atoms with E-state index in [0.717, 1.165) is 56.1 Å². The number of aliphatic hydroxyl groups excluding tert-OH is 1. The number of nitrogens with two attached hydrogens (primary N) is 1. The van der Waals surface area contributed by atoms with Gasteiger partial charge in [-0.1, -0.05) is 20.1 Å². The van der Waals surface area contributed by atoms with Crippen molar-refractivity contribution in [2.24, 2.45) is 17.6 Å². The van der Waals surface area contributed by atoms with E-state index in [1.54, 1.807) is 7.11 Å². The molecule has 12 bridgehead atoms. The Morgan fingerprint density at radius 1 is 0.808 bits per heavy atom. The number of Topliss-reactive ketones (excluding diaryl/α,β-unsaturated/α-hetero) is 1. The van der Waals surface area contributed by atoms with E-state index in [-0.39, 0.29) is 122 Å². The predicted molar refractivity (Wildman–Crippen MR) is 186 cm³/mol. The fourth-order valence-electron chi connectivity index (χ4n) is 11.3. The summed E-state index contributed by atoms with van der Waals surface area (Å²) < 4.78 is 60.0. The van der Waals surface area contributed by atoms with E-state index >= 15 is 0 Å². The average molecular weight is 730 g/mol. The Bertz CT molecular complexity index is 1380. The normalized spacial score (nSPS) is 52.4. The zero-order valence-electron chi connectivity index (χ0n) is 30.8. The van der Waals surface area contributed by atoms with Crippen molar-refractivity contribution in [3.05, 3.63) is 24.3 Å². The van der Waals surface area contributed by atoms with Crippen LogP contribution in [0.15, 0.2) is 24.3 Å². The van der Waals surface area contributed by atoms with Crippen LogP contribution in [0.25, 0.3) is 0 Å². The van der Waals surface area contributed by atoms with E-state index in [1.165, 1.54) is 0 Å². The lowest BCUT2D eigenvalue weighted by Gasteiger charge is -2.47. The first kappa shape index (κ1) is 36.4.